The molecule has 1 aromatic heterocycles. The van der Waals surface area contributed by atoms with Crippen LogP contribution in [0.5, 0.6) is 0 Å². The van der Waals surface area contributed by atoms with Crippen molar-refractivity contribution in [1.82, 2.24) is 9.97 Å². The lowest BCUT2D eigenvalue weighted by Gasteiger charge is -2.38. The van der Waals surface area contributed by atoms with Crippen molar-refractivity contribution in [3.8, 4) is 0 Å². The van der Waals surface area contributed by atoms with Gasteiger partial charge in [0, 0.05) is 25.0 Å². The fourth-order valence-corrected chi connectivity index (χ4v) is 6.28. The maximum absolute atomic E-state index is 13.4. The maximum atomic E-state index is 13.4. The van der Waals surface area contributed by atoms with E-state index in [0.717, 1.165) is 10.9 Å². The number of alkyl halides is 3. The van der Waals surface area contributed by atoms with Crippen LogP contribution in [-0.2, 0) is 21.0 Å². The highest BCUT2D eigenvalue weighted by Gasteiger charge is 2.35. The van der Waals surface area contributed by atoms with E-state index in [2.05, 4.69) is 14.7 Å². The van der Waals surface area contributed by atoms with Gasteiger partial charge in [0.25, 0.3) is 0 Å². The van der Waals surface area contributed by atoms with E-state index in [-0.39, 0.29) is 23.7 Å². The number of ether oxygens (including phenoxy) is 1. The van der Waals surface area contributed by atoms with E-state index in [1.807, 2.05) is 25.1 Å². The van der Waals surface area contributed by atoms with Gasteiger partial charge in [0.2, 0.25) is 5.95 Å². The number of aromatic nitrogens is 2. The topological polar surface area (TPSA) is 106 Å². The number of rotatable bonds is 4. The number of nitrogens with two attached hydrogens (primary N) is 1. The molecule has 0 spiro atoms. The Morgan fingerprint density at radius 1 is 1.23 bits per heavy atom. The maximum Gasteiger partial charge on any atom is 0.511 e. The highest BCUT2D eigenvalue weighted by atomic mass is 32.2. The summed E-state index contributed by atoms with van der Waals surface area (Å²) in [4.78, 5) is 11.3. The van der Waals surface area contributed by atoms with Crippen molar-refractivity contribution in [2.75, 3.05) is 42.3 Å². The van der Waals surface area contributed by atoms with Crippen molar-refractivity contribution in [2.24, 2.45) is 10.1 Å². The molecule has 2 aliphatic rings. The molecule has 1 fully saturated rings. The minimum atomic E-state index is -4.91. The molecule has 0 amide bonds. The summed E-state index contributed by atoms with van der Waals surface area (Å²) in [5.74, 6) is 0.596. The van der Waals surface area contributed by atoms with Crippen LogP contribution in [0.1, 0.15) is 11.1 Å². The van der Waals surface area contributed by atoms with Crippen LogP contribution in [0, 0.1) is 6.92 Å². The van der Waals surface area contributed by atoms with E-state index in [1.165, 1.54) is 6.07 Å². The van der Waals surface area contributed by atoms with Gasteiger partial charge in [-0.3, -0.25) is 0 Å². The van der Waals surface area contributed by atoms with Crippen LogP contribution in [0.3, 0.4) is 0 Å². The second-order valence-corrected chi connectivity index (χ2v) is 11.3. The van der Waals surface area contributed by atoms with Crippen LogP contribution in [0.2, 0.25) is 0 Å². The molecule has 1 saturated heterocycles. The summed E-state index contributed by atoms with van der Waals surface area (Å²) < 4.78 is 61.0. The molecule has 5 rings (SSSR count). The molecular weight excluding hydrogens is 481 g/mol. The van der Waals surface area contributed by atoms with E-state index in [4.69, 9.17) is 15.5 Å². The van der Waals surface area contributed by atoms with Gasteiger partial charge in [0.05, 0.1) is 44.6 Å². The van der Waals surface area contributed by atoms with Gasteiger partial charge < -0.3 is 20.7 Å². The average molecular weight is 507 g/mol. The molecule has 0 saturated carbocycles. The average Bonchev–Trinajstić information content (AvgIpc) is 2.91. The summed E-state index contributed by atoms with van der Waals surface area (Å²) in [6, 6.07) is 12.2. The van der Waals surface area contributed by atoms with Gasteiger partial charge in [0.15, 0.2) is 0 Å². The van der Waals surface area contributed by atoms with Crippen LogP contribution < -0.4 is 16.0 Å². The molecule has 1 unspecified atom stereocenters. The lowest BCUT2D eigenvalue weighted by Crippen LogP contribution is -2.61. The fraction of sp³-hybridized carbons (Fsp3) is 0.391. The number of hydrogen-bond acceptors (Lipinski definition) is 8. The fourth-order valence-electron chi connectivity index (χ4n) is 4.24. The van der Waals surface area contributed by atoms with Gasteiger partial charge in [-0.1, -0.05) is 29.8 Å². The number of nitrogens with one attached hydrogen (secondary N) is 1. The van der Waals surface area contributed by atoms with Crippen molar-refractivity contribution in [2.45, 2.75) is 30.2 Å². The monoisotopic (exact) mass is 506 g/mol. The molecule has 1 atom stereocenters. The Morgan fingerprint density at radius 3 is 2.71 bits per heavy atom. The van der Waals surface area contributed by atoms with Crippen molar-refractivity contribution in [1.29, 1.82) is 0 Å². The molecule has 3 aromatic rings. The quantitative estimate of drug-likeness (QED) is 0.522. The van der Waals surface area contributed by atoms with Gasteiger partial charge in [-0.25, -0.2) is 9.19 Å². The molecule has 3 N–H and O–H groups in total. The van der Waals surface area contributed by atoms with E-state index < -0.39 is 21.6 Å². The van der Waals surface area contributed by atoms with E-state index in [9.17, 15) is 17.4 Å². The van der Waals surface area contributed by atoms with E-state index >= 15 is 0 Å². The van der Waals surface area contributed by atoms with Crippen molar-refractivity contribution in [3.05, 3.63) is 53.6 Å². The molecule has 186 valence electrons. The summed E-state index contributed by atoms with van der Waals surface area (Å²) in [6.07, 6.45) is -4.91. The van der Waals surface area contributed by atoms with Gasteiger partial charge in [-0.05, 0) is 30.7 Å². The lowest BCUT2D eigenvalue weighted by molar-refractivity contribution is -0.117. The third-order valence-electron chi connectivity index (χ3n) is 6.08. The van der Waals surface area contributed by atoms with Gasteiger partial charge in [-0.15, -0.1) is 17.5 Å². The Kier molecular flexibility index (Phi) is 5.85. The second-order valence-electron chi connectivity index (χ2n) is 9.03. The Morgan fingerprint density at radius 2 is 2.00 bits per heavy atom. The number of nitrogens with zero attached hydrogens (tertiary/aromatic N) is 4. The normalized spacial score (nSPS) is 21.7. The Bertz CT molecular complexity index is 1400. The van der Waals surface area contributed by atoms with Crippen LogP contribution in [-0.4, -0.2) is 58.1 Å². The number of halogens is 3. The molecule has 35 heavy (non-hydrogen) atoms. The SMILES string of the molecule is Cc1ccc2nc(N3CCS(=O)(=NC(F)(F)F)c4ccccc4C3)nc(NCC3(N)COC3)c2c1. The Labute approximate surface area is 200 Å². The number of anilines is 2. The predicted molar refractivity (Wildman–Crippen MR) is 128 cm³/mol. The Hall–Kier alpha value is -2.96. The van der Waals surface area contributed by atoms with Crippen molar-refractivity contribution >= 4 is 32.4 Å². The third kappa shape index (κ3) is 4.91. The summed E-state index contributed by atoms with van der Waals surface area (Å²) in [5, 5.41) is 4.12. The number of benzene rings is 2. The first-order chi connectivity index (χ1) is 16.5. The molecule has 3 heterocycles. The number of fused-ring (bicyclic) bond motifs is 2. The summed E-state index contributed by atoms with van der Waals surface area (Å²) in [7, 11) is -3.71. The number of aryl methyl sites for hydroxylation is 1. The Balaban J connectivity index is 1.56. The van der Waals surface area contributed by atoms with E-state index in [0.29, 0.717) is 42.6 Å². The molecule has 2 aromatic carbocycles. The smallest absolute Gasteiger partial charge is 0.377 e. The van der Waals surface area contributed by atoms with Crippen LogP contribution in [0.25, 0.3) is 10.9 Å². The predicted octanol–water partition coefficient (Wildman–Crippen LogP) is 3.44. The van der Waals surface area contributed by atoms with Gasteiger partial charge in [0.1, 0.15) is 5.82 Å². The van der Waals surface area contributed by atoms with Crippen molar-refractivity contribution < 1.29 is 22.1 Å². The zero-order valence-corrected chi connectivity index (χ0v) is 19.8. The molecule has 0 bridgehead atoms. The largest absolute Gasteiger partial charge is 0.511 e. The second kappa shape index (κ2) is 8.61. The minimum absolute atomic E-state index is 0.0402. The lowest BCUT2D eigenvalue weighted by atomic mass is 9.99. The zero-order chi connectivity index (χ0) is 24.8. The van der Waals surface area contributed by atoms with E-state index in [1.54, 1.807) is 23.1 Å². The zero-order valence-electron chi connectivity index (χ0n) is 19.0. The number of hydrogen-bond donors (Lipinski definition) is 2. The standard InChI is InChI=1S/C23H25F3N6O2S/c1-15-6-7-18-17(10-15)20(28-12-22(27)13-34-14-22)30-21(29-18)32-8-9-35(33,31-23(24,25)26)19-5-3-2-4-16(19)11-32/h2-7,10H,8-9,11-14,27H2,1H3,(H,28,29,30). The molecule has 2 aliphatic heterocycles. The molecular formula is C23H25F3N6O2S. The first kappa shape index (κ1) is 23.8. The van der Waals surface area contributed by atoms with Gasteiger partial charge >= 0.3 is 6.30 Å². The molecule has 0 radical (unpaired) electrons. The van der Waals surface area contributed by atoms with Gasteiger partial charge in [-0.2, -0.15) is 4.98 Å². The third-order valence-corrected chi connectivity index (χ3v) is 8.40. The minimum Gasteiger partial charge on any atom is -0.377 e. The summed E-state index contributed by atoms with van der Waals surface area (Å²) in [6.45, 7) is 3.52. The highest BCUT2D eigenvalue weighted by molar-refractivity contribution is 7.93. The highest BCUT2D eigenvalue weighted by Crippen LogP contribution is 2.32. The first-order valence-corrected chi connectivity index (χ1v) is 12.8. The first-order valence-electron chi connectivity index (χ1n) is 11.1. The van der Waals surface area contributed by atoms with Crippen LogP contribution in [0.15, 0.2) is 51.7 Å². The molecule has 0 aliphatic carbocycles. The van der Waals surface area contributed by atoms with Crippen LogP contribution in [0.4, 0.5) is 24.9 Å². The summed E-state index contributed by atoms with van der Waals surface area (Å²) >= 11 is 0. The van der Waals surface area contributed by atoms with Crippen LogP contribution >= 0.6 is 0 Å². The van der Waals surface area contributed by atoms with Crippen molar-refractivity contribution in [3.63, 3.8) is 0 Å². The summed E-state index contributed by atoms with van der Waals surface area (Å²) in [5.41, 5.74) is 8.00. The molecule has 8 nitrogen and oxygen atoms in total. The molecule has 12 heteroatoms.